The van der Waals surface area contributed by atoms with E-state index in [1.54, 1.807) is 7.11 Å². The summed E-state index contributed by atoms with van der Waals surface area (Å²) in [6, 6.07) is 11.9. The van der Waals surface area contributed by atoms with Gasteiger partial charge in [0.1, 0.15) is 5.75 Å². The second-order valence-corrected chi connectivity index (χ2v) is 6.44. The molecule has 0 aromatic heterocycles. The van der Waals surface area contributed by atoms with Crippen LogP contribution in [0, 0.1) is 5.41 Å². The summed E-state index contributed by atoms with van der Waals surface area (Å²) < 4.78 is 5.41. The number of fused-ring (bicyclic) bond motifs is 1. The van der Waals surface area contributed by atoms with Crippen LogP contribution in [0.4, 0.5) is 5.69 Å². The van der Waals surface area contributed by atoms with Crippen molar-refractivity contribution >= 4 is 22.4 Å². The van der Waals surface area contributed by atoms with Crippen LogP contribution in [-0.4, -0.2) is 13.0 Å². The number of hydrogen-bond acceptors (Lipinski definition) is 2. The predicted octanol–water partition coefficient (Wildman–Crippen LogP) is 4.76. The number of anilines is 1. The minimum absolute atomic E-state index is 0.141. The molecule has 1 amide bonds. The zero-order valence-corrected chi connectivity index (χ0v) is 13.3. The van der Waals surface area contributed by atoms with Gasteiger partial charge in [0.2, 0.25) is 5.91 Å². The first-order valence-corrected chi connectivity index (χ1v) is 8.01. The maximum atomic E-state index is 12.7. The smallest absolute Gasteiger partial charge is 0.230 e. The Labute approximate surface area is 131 Å². The number of hydrogen-bond donors (Lipinski definition) is 1. The van der Waals surface area contributed by atoms with Gasteiger partial charge in [-0.25, -0.2) is 0 Å². The molecule has 1 aliphatic rings. The van der Waals surface area contributed by atoms with E-state index < -0.39 is 0 Å². The Morgan fingerprint density at radius 3 is 2.41 bits per heavy atom. The van der Waals surface area contributed by atoms with Crippen molar-refractivity contribution in [1.29, 1.82) is 0 Å². The topological polar surface area (TPSA) is 38.3 Å². The standard InChI is InChI=1S/C19H23NO2/c1-19(12-6-3-7-13-19)18(21)20-16-10-11-17(22-2)15-9-5-4-8-14(15)16/h4-5,8-11H,3,6-7,12-13H2,1-2H3,(H,20,21). The predicted molar refractivity (Wildman–Crippen MR) is 90.3 cm³/mol. The van der Waals surface area contributed by atoms with Crippen LogP contribution in [0.3, 0.4) is 0 Å². The van der Waals surface area contributed by atoms with Crippen molar-refractivity contribution in [3.8, 4) is 5.75 Å². The average molecular weight is 297 g/mol. The van der Waals surface area contributed by atoms with Gasteiger partial charge in [-0.2, -0.15) is 0 Å². The molecular weight excluding hydrogens is 274 g/mol. The summed E-state index contributed by atoms with van der Waals surface area (Å²) in [5.74, 6) is 0.972. The van der Waals surface area contributed by atoms with E-state index in [1.807, 2.05) is 36.4 Å². The van der Waals surface area contributed by atoms with E-state index >= 15 is 0 Å². The first-order chi connectivity index (χ1) is 10.6. The van der Waals surface area contributed by atoms with E-state index in [-0.39, 0.29) is 11.3 Å². The fourth-order valence-corrected chi connectivity index (χ4v) is 3.39. The number of carbonyl (C=O) groups excluding carboxylic acids is 1. The highest BCUT2D eigenvalue weighted by atomic mass is 16.5. The van der Waals surface area contributed by atoms with Crippen LogP contribution in [0.1, 0.15) is 39.0 Å². The first-order valence-electron chi connectivity index (χ1n) is 8.01. The minimum atomic E-state index is -0.237. The van der Waals surface area contributed by atoms with Crippen molar-refractivity contribution in [1.82, 2.24) is 0 Å². The van der Waals surface area contributed by atoms with Crippen LogP contribution < -0.4 is 10.1 Å². The van der Waals surface area contributed by atoms with Gasteiger partial charge in [-0.3, -0.25) is 4.79 Å². The molecule has 1 fully saturated rings. The molecular formula is C19H23NO2. The number of benzene rings is 2. The molecule has 1 saturated carbocycles. The Balaban J connectivity index is 1.92. The Hall–Kier alpha value is -2.03. The van der Waals surface area contributed by atoms with E-state index in [4.69, 9.17) is 4.74 Å². The summed E-state index contributed by atoms with van der Waals surface area (Å²) in [4.78, 5) is 12.7. The van der Waals surface area contributed by atoms with Crippen LogP contribution in [0.25, 0.3) is 10.8 Å². The van der Waals surface area contributed by atoms with Gasteiger partial charge in [0, 0.05) is 21.9 Å². The molecule has 0 spiro atoms. The molecule has 2 aromatic carbocycles. The van der Waals surface area contributed by atoms with E-state index in [0.29, 0.717) is 0 Å². The summed E-state index contributed by atoms with van der Waals surface area (Å²) in [5, 5.41) is 5.20. The van der Waals surface area contributed by atoms with Gasteiger partial charge in [-0.15, -0.1) is 0 Å². The van der Waals surface area contributed by atoms with E-state index in [9.17, 15) is 4.79 Å². The summed E-state index contributed by atoms with van der Waals surface area (Å²) in [5.41, 5.74) is 0.632. The van der Waals surface area contributed by atoms with Crippen LogP contribution in [0.5, 0.6) is 5.75 Å². The first kappa shape index (κ1) is 14.9. The summed E-state index contributed by atoms with van der Waals surface area (Å²) in [7, 11) is 1.67. The summed E-state index contributed by atoms with van der Waals surface area (Å²) in [6.45, 7) is 2.09. The second kappa shape index (κ2) is 5.99. The monoisotopic (exact) mass is 297 g/mol. The number of carbonyl (C=O) groups is 1. The van der Waals surface area contributed by atoms with Gasteiger partial charge in [0.15, 0.2) is 0 Å². The fourth-order valence-electron chi connectivity index (χ4n) is 3.39. The van der Waals surface area contributed by atoms with Gasteiger partial charge in [-0.1, -0.05) is 50.5 Å². The third-order valence-electron chi connectivity index (χ3n) is 4.86. The fraction of sp³-hybridized carbons (Fsp3) is 0.421. The van der Waals surface area contributed by atoms with Crippen molar-refractivity contribution in [3.63, 3.8) is 0 Å². The third kappa shape index (κ3) is 2.68. The van der Waals surface area contributed by atoms with Gasteiger partial charge in [0.05, 0.1) is 7.11 Å². The largest absolute Gasteiger partial charge is 0.496 e. The molecule has 1 N–H and O–H groups in total. The lowest BCUT2D eigenvalue weighted by molar-refractivity contribution is -0.126. The molecule has 0 unspecified atom stereocenters. The Kier molecular flexibility index (Phi) is 4.06. The third-order valence-corrected chi connectivity index (χ3v) is 4.86. The number of ether oxygens (including phenoxy) is 1. The van der Waals surface area contributed by atoms with Crippen molar-refractivity contribution in [2.24, 2.45) is 5.41 Å². The Morgan fingerprint density at radius 1 is 1.05 bits per heavy atom. The molecule has 0 bridgehead atoms. The number of rotatable bonds is 3. The SMILES string of the molecule is COc1ccc(NC(=O)C2(C)CCCCC2)c2ccccc12. The molecule has 1 aliphatic carbocycles. The van der Waals surface area contributed by atoms with Gasteiger partial charge < -0.3 is 10.1 Å². The van der Waals surface area contributed by atoms with Crippen LogP contribution in [-0.2, 0) is 4.79 Å². The molecule has 2 aromatic rings. The highest BCUT2D eigenvalue weighted by Crippen LogP contribution is 2.38. The average Bonchev–Trinajstić information content (AvgIpc) is 2.56. The Bertz CT molecular complexity index is 687. The normalized spacial score (nSPS) is 17.2. The lowest BCUT2D eigenvalue weighted by atomic mass is 9.75. The van der Waals surface area contributed by atoms with Gasteiger partial charge >= 0.3 is 0 Å². The van der Waals surface area contributed by atoms with E-state index in [1.165, 1.54) is 6.42 Å². The van der Waals surface area contributed by atoms with Crippen molar-refractivity contribution in [2.75, 3.05) is 12.4 Å². The number of methoxy groups -OCH3 is 1. The molecule has 0 heterocycles. The quantitative estimate of drug-likeness (QED) is 0.887. The summed E-state index contributed by atoms with van der Waals surface area (Å²) in [6.07, 6.45) is 5.49. The van der Waals surface area contributed by atoms with E-state index in [0.717, 1.165) is 47.9 Å². The second-order valence-electron chi connectivity index (χ2n) is 6.44. The van der Waals surface area contributed by atoms with Gasteiger partial charge in [0.25, 0.3) is 0 Å². The van der Waals surface area contributed by atoms with Crippen LogP contribution >= 0.6 is 0 Å². The molecule has 0 saturated heterocycles. The van der Waals surface area contributed by atoms with Crippen molar-refractivity contribution < 1.29 is 9.53 Å². The Morgan fingerprint density at radius 2 is 1.73 bits per heavy atom. The minimum Gasteiger partial charge on any atom is -0.496 e. The summed E-state index contributed by atoms with van der Waals surface area (Å²) >= 11 is 0. The molecule has 116 valence electrons. The highest BCUT2D eigenvalue weighted by molar-refractivity contribution is 6.05. The lowest BCUT2D eigenvalue weighted by Crippen LogP contribution is -2.35. The molecule has 0 aliphatic heterocycles. The molecule has 3 rings (SSSR count). The molecule has 0 radical (unpaired) electrons. The van der Waals surface area contributed by atoms with E-state index in [2.05, 4.69) is 12.2 Å². The highest BCUT2D eigenvalue weighted by Gasteiger charge is 2.34. The van der Waals surface area contributed by atoms with Crippen molar-refractivity contribution in [3.05, 3.63) is 36.4 Å². The molecule has 3 heteroatoms. The molecule has 22 heavy (non-hydrogen) atoms. The zero-order chi connectivity index (χ0) is 15.6. The lowest BCUT2D eigenvalue weighted by Gasteiger charge is -2.32. The number of nitrogens with one attached hydrogen (secondary N) is 1. The number of amides is 1. The zero-order valence-electron chi connectivity index (χ0n) is 13.3. The van der Waals surface area contributed by atoms with Gasteiger partial charge in [-0.05, 0) is 25.0 Å². The molecule has 3 nitrogen and oxygen atoms in total. The maximum Gasteiger partial charge on any atom is 0.230 e. The molecule has 0 atom stereocenters. The van der Waals surface area contributed by atoms with Crippen LogP contribution in [0.15, 0.2) is 36.4 Å². The maximum absolute atomic E-state index is 12.7. The van der Waals surface area contributed by atoms with Crippen LogP contribution in [0.2, 0.25) is 0 Å². The van der Waals surface area contributed by atoms with Crippen molar-refractivity contribution in [2.45, 2.75) is 39.0 Å².